The van der Waals surface area contributed by atoms with Gasteiger partial charge in [0.2, 0.25) is 0 Å². The Morgan fingerprint density at radius 1 is 1.40 bits per heavy atom. The normalized spacial score (nSPS) is 15.7. The summed E-state index contributed by atoms with van der Waals surface area (Å²) in [5.74, 6) is -0.00958. The summed E-state index contributed by atoms with van der Waals surface area (Å²) in [5.41, 5.74) is 7.02. The van der Waals surface area contributed by atoms with E-state index in [-0.39, 0.29) is 5.91 Å². The first-order valence-corrected chi connectivity index (χ1v) is 4.80. The minimum atomic E-state index is -0.00958. The minimum absolute atomic E-state index is 0.00958. The van der Waals surface area contributed by atoms with Crippen LogP contribution in [0, 0.1) is 0 Å². The van der Waals surface area contributed by atoms with E-state index >= 15 is 0 Å². The van der Waals surface area contributed by atoms with E-state index in [1.165, 1.54) is 5.01 Å². The second-order valence-corrected chi connectivity index (χ2v) is 3.29. The Kier molecular flexibility index (Phi) is 2.73. The first-order chi connectivity index (χ1) is 7.31. The zero-order valence-corrected chi connectivity index (χ0v) is 8.26. The molecule has 0 fully saturated rings. The van der Waals surface area contributed by atoms with Crippen LogP contribution >= 0.6 is 0 Å². The summed E-state index contributed by atoms with van der Waals surface area (Å²) in [6.45, 7) is 0.524. The molecule has 78 valence electrons. The second kappa shape index (κ2) is 4.18. The number of carbonyl (C=O) groups is 1. The summed E-state index contributed by atoms with van der Waals surface area (Å²) in [7, 11) is 0. The van der Waals surface area contributed by atoms with Crippen molar-refractivity contribution in [3.05, 3.63) is 24.5 Å². The van der Waals surface area contributed by atoms with Crippen molar-refractivity contribution in [1.82, 2.24) is 4.98 Å². The van der Waals surface area contributed by atoms with Gasteiger partial charge >= 0.3 is 0 Å². The van der Waals surface area contributed by atoms with Crippen molar-refractivity contribution in [1.29, 1.82) is 0 Å². The Labute approximate surface area is 87.6 Å². The van der Waals surface area contributed by atoms with Gasteiger partial charge in [-0.1, -0.05) is 0 Å². The van der Waals surface area contributed by atoms with Gasteiger partial charge in [-0.25, -0.2) is 5.01 Å². The molecular formula is C10H12N4O. The van der Waals surface area contributed by atoms with E-state index in [2.05, 4.69) is 10.1 Å². The number of pyridine rings is 1. The maximum Gasteiger partial charge on any atom is 0.253 e. The number of anilines is 1. The number of carbonyl (C=O) groups excluding carboxylic acids is 1. The number of aromatic nitrogens is 1. The van der Waals surface area contributed by atoms with Crippen LogP contribution in [-0.2, 0) is 4.79 Å². The largest absolute Gasteiger partial charge is 0.330 e. The quantitative estimate of drug-likeness (QED) is 0.780. The lowest BCUT2D eigenvalue weighted by atomic mass is 10.2. The number of amides is 1. The van der Waals surface area contributed by atoms with Crippen LogP contribution in [0.5, 0.6) is 0 Å². The molecule has 1 amide bonds. The molecular weight excluding hydrogens is 192 g/mol. The molecule has 1 aromatic heterocycles. The monoisotopic (exact) mass is 204 g/mol. The molecule has 0 aromatic carbocycles. The summed E-state index contributed by atoms with van der Waals surface area (Å²) in [6.07, 6.45) is 4.32. The molecule has 0 spiro atoms. The van der Waals surface area contributed by atoms with Gasteiger partial charge in [-0.15, -0.1) is 0 Å². The van der Waals surface area contributed by atoms with Crippen LogP contribution in [0.15, 0.2) is 29.6 Å². The second-order valence-electron chi connectivity index (χ2n) is 3.29. The number of nitrogens with zero attached hydrogens (tertiary/aromatic N) is 3. The smallest absolute Gasteiger partial charge is 0.253 e. The lowest BCUT2D eigenvalue weighted by Gasteiger charge is -2.10. The Hall–Kier alpha value is -1.75. The van der Waals surface area contributed by atoms with Crippen LogP contribution in [0.25, 0.3) is 0 Å². The highest BCUT2D eigenvalue weighted by atomic mass is 16.2. The Morgan fingerprint density at radius 2 is 2.13 bits per heavy atom. The molecule has 1 aliphatic rings. The summed E-state index contributed by atoms with van der Waals surface area (Å²) < 4.78 is 0. The van der Waals surface area contributed by atoms with Gasteiger partial charge in [-0.3, -0.25) is 9.78 Å². The Morgan fingerprint density at radius 3 is 2.80 bits per heavy atom. The molecule has 2 rings (SSSR count). The average molecular weight is 204 g/mol. The zero-order chi connectivity index (χ0) is 10.7. The first kappa shape index (κ1) is 9.79. The van der Waals surface area contributed by atoms with Crippen LogP contribution < -0.4 is 10.7 Å². The molecule has 15 heavy (non-hydrogen) atoms. The minimum Gasteiger partial charge on any atom is -0.330 e. The number of hydrogen-bond donors (Lipinski definition) is 1. The van der Waals surface area contributed by atoms with E-state index in [1.807, 2.05) is 0 Å². The zero-order valence-electron chi connectivity index (χ0n) is 8.26. The Bertz CT molecular complexity index is 388. The molecule has 0 unspecified atom stereocenters. The number of hydrogen-bond acceptors (Lipinski definition) is 4. The van der Waals surface area contributed by atoms with Crippen molar-refractivity contribution in [2.75, 3.05) is 11.6 Å². The average Bonchev–Trinajstić information content (AvgIpc) is 2.61. The van der Waals surface area contributed by atoms with E-state index in [0.29, 0.717) is 19.4 Å². The maximum atomic E-state index is 11.6. The predicted molar refractivity (Wildman–Crippen MR) is 57.4 cm³/mol. The summed E-state index contributed by atoms with van der Waals surface area (Å²) in [6, 6.07) is 3.51. The van der Waals surface area contributed by atoms with Gasteiger partial charge in [-0.2, -0.15) is 5.10 Å². The van der Waals surface area contributed by atoms with Crippen LogP contribution in [0.1, 0.15) is 12.8 Å². The summed E-state index contributed by atoms with van der Waals surface area (Å²) in [4.78, 5) is 15.5. The highest BCUT2D eigenvalue weighted by Gasteiger charge is 2.24. The standard InChI is InChI=1S/C10H12N4O/c11-4-1-8-7-10(15)14(13-8)9-2-5-12-6-3-9/h2-3,5-6H,1,4,7,11H2. The topological polar surface area (TPSA) is 71.6 Å². The third-order valence-corrected chi connectivity index (χ3v) is 2.17. The van der Waals surface area contributed by atoms with Gasteiger partial charge in [0, 0.05) is 24.5 Å². The van der Waals surface area contributed by atoms with Crippen molar-refractivity contribution >= 4 is 17.3 Å². The van der Waals surface area contributed by atoms with Crippen LogP contribution in [0.2, 0.25) is 0 Å². The lowest BCUT2D eigenvalue weighted by molar-refractivity contribution is -0.116. The first-order valence-electron chi connectivity index (χ1n) is 4.80. The summed E-state index contributed by atoms with van der Waals surface area (Å²) >= 11 is 0. The van der Waals surface area contributed by atoms with E-state index in [0.717, 1.165) is 11.4 Å². The molecule has 0 saturated heterocycles. The van der Waals surface area contributed by atoms with Crippen molar-refractivity contribution in [2.24, 2.45) is 10.8 Å². The third-order valence-electron chi connectivity index (χ3n) is 2.17. The number of rotatable bonds is 3. The van der Waals surface area contributed by atoms with Crippen LogP contribution in [-0.4, -0.2) is 23.1 Å². The predicted octanol–water partition coefficient (Wildman–Crippen LogP) is 0.523. The van der Waals surface area contributed by atoms with E-state index in [1.54, 1.807) is 24.5 Å². The van der Waals surface area contributed by atoms with Gasteiger partial charge in [0.25, 0.3) is 5.91 Å². The number of hydrazone groups is 1. The van der Waals surface area contributed by atoms with Gasteiger partial charge in [0.1, 0.15) is 0 Å². The fourth-order valence-corrected chi connectivity index (χ4v) is 1.47. The van der Waals surface area contributed by atoms with Crippen molar-refractivity contribution < 1.29 is 4.79 Å². The lowest BCUT2D eigenvalue weighted by Crippen LogP contribution is -2.19. The molecule has 5 nitrogen and oxygen atoms in total. The third kappa shape index (κ3) is 2.02. The van der Waals surface area contributed by atoms with E-state index < -0.39 is 0 Å². The van der Waals surface area contributed by atoms with E-state index in [4.69, 9.17) is 5.73 Å². The molecule has 0 bridgehead atoms. The van der Waals surface area contributed by atoms with Crippen LogP contribution in [0.4, 0.5) is 5.69 Å². The van der Waals surface area contributed by atoms with Gasteiger partial charge < -0.3 is 5.73 Å². The number of nitrogens with two attached hydrogens (primary N) is 1. The molecule has 0 atom stereocenters. The van der Waals surface area contributed by atoms with Gasteiger partial charge in [0.15, 0.2) is 0 Å². The highest BCUT2D eigenvalue weighted by Crippen LogP contribution is 2.19. The van der Waals surface area contributed by atoms with Gasteiger partial charge in [0.05, 0.1) is 12.1 Å². The molecule has 1 aromatic rings. The van der Waals surface area contributed by atoms with Crippen molar-refractivity contribution in [2.45, 2.75) is 12.8 Å². The molecule has 1 aliphatic heterocycles. The molecule has 0 aliphatic carbocycles. The van der Waals surface area contributed by atoms with E-state index in [9.17, 15) is 4.79 Å². The molecule has 0 radical (unpaired) electrons. The highest BCUT2D eigenvalue weighted by molar-refractivity contribution is 6.12. The van der Waals surface area contributed by atoms with Gasteiger partial charge in [-0.05, 0) is 18.7 Å². The molecule has 5 heteroatoms. The fraction of sp³-hybridized carbons (Fsp3) is 0.300. The van der Waals surface area contributed by atoms with Crippen LogP contribution in [0.3, 0.4) is 0 Å². The Balaban J connectivity index is 2.20. The maximum absolute atomic E-state index is 11.6. The van der Waals surface area contributed by atoms with Crippen molar-refractivity contribution in [3.63, 3.8) is 0 Å². The summed E-state index contributed by atoms with van der Waals surface area (Å²) in [5, 5.41) is 5.63. The molecule has 0 saturated carbocycles. The molecule has 2 N–H and O–H groups in total. The van der Waals surface area contributed by atoms with Crippen molar-refractivity contribution in [3.8, 4) is 0 Å². The molecule has 2 heterocycles. The fourth-order valence-electron chi connectivity index (χ4n) is 1.47. The SMILES string of the molecule is NCCC1=NN(c2ccncc2)C(=O)C1.